The lowest BCUT2D eigenvalue weighted by Crippen LogP contribution is -2.38. The predicted molar refractivity (Wildman–Crippen MR) is 80.2 cm³/mol. The summed E-state index contributed by atoms with van der Waals surface area (Å²) in [6, 6.07) is 10.1. The van der Waals surface area contributed by atoms with Gasteiger partial charge in [-0.2, -0.15) is 0 Å². The molecule has 1 atom stereocenters. The summed E-state index contributed by atoms with van der Waals surface area (Å²) in [5.41, 5.74) is 1.17. The Kier molecular flexibility index (Phi) is 5.81. The van der Waals surface area contributed by atoms with Crippen LogP contribution in [0.4, 0.5) is 0 Å². The Morgan fingerprint density at radius 3 is 2.75 bits per heavy atom. The van der Waals surface area contributed by atoms with E-state index < -0.39 is 0 Å². The molecule has 2 rings (SSSR count). The summed E-state index contributed by atoms with van der Waals surface area (Å²) in [5.74, 6) is 0.399. The van der Waals surface area contributed by atoms with Gasteiger partial charge in [0.25, 0.3) is 0 Å². The number of hydrogen-bond donors (Lipinski definition) is 0. The van der Waals surface area contributed by atoms with E-state index >= 15 is 0 Å². The Bertz CT molecular complexity index is 442. The van der Waals surface area contributed by atoms with Crippen molar-refractivity contribution in [3.63, 3.8) is 0 Å². The molecule has 0 bridgehead atoms. The molecule has 1 aliphatic rings. The first-order chi connectivity index (χ1) is 9.81. The number of hydrogen-bond acceptors (Lipinski definition) is 2. The summed E-state index contributed by atoms with van der Waals surface area (Å²) in [6.45, 7) is 1.91. The maximum Gasteiger partial charge on any atom is 0.226 e. The van der Waals surface area contributed by atoms with Crippen molar-refractivity contribution >= 4 is 5.91 Å². The van der Waals surface area contributed by atoms with E-state index in [2.05, 4.69) is 24.3 Å². The van der Waals surface area contributed by atoms with Gasteiger partial charge in [-0.3, -0.25) is 4.79 Å². The van der Waals surface area contributed by atoms with Crippen molar-refractivity contribution < 1.29 is 9.53 Å². The van der Waals surface area contributed by atoms with E-state index in [1.165, 1.54) is 5.56 Å². The highest BCUT2D eigenvalue weighted by molar-refractivity contribution is 5.79. The number of nitrogens with zero attached hydrogens (tertiary/aromatic N) is 1. The van der Waals surface area contributed by atoms with Gasteiger partial charge in [0.15, 0.2) is 0 Å². The zero-order valence-electron chi connectivity index (χ0n) is 12.1. The SMILES string of the molecule is COCCN(Cc1ccccc1)C(=O)C1CC=CCC1. The molecule has 1 aliphatic carbocycles. The highest BCUT2D eigenvalue weighted by Gasteiger charge is 2.24. The van der Waals surface area contributed by atoms with Crippen molar-refractivity contribution in [1.29, 1.82) is 0 Å². The largest absolute Gasteiger partial charge is 0.383 e. The van der Waals surface area contributed by atoms with Crippen molar-refractivity contribution in [1.82, 2.24) is 4.90 Å². The van der Waals surface area contributed by atoms with Gasteiger partial charge in [-0.25, -0.2) is 0 Å². The van der Waals surface area contributed by atoms with Crippen LogP contribution in [0.1, 0.15) is 24.8 Å². The molecule has 1 amide bonds. The molecule has 0 spiro atoms. The van der Waals surface area contributed by atoms with Gasteiger partial charge < -0.3 is 9.64 Å². The molecule has 20 heavy (non-hydrogen) atoms. The third kappa shape index (κ3) is 4.20. The summed E-state index contributed by atoms with van der Waals surface area (Å²) in [7, 11) is 1.68. The van der Waals surface area contributed by atoms with E-state index in [9.17, 15) is 4.79 Å². The average molecular weight is 273 g/mol. The Morgan fingerprint density at radius 1 is 1.30 bits per heavy atom. The first-order valence-electron chi connectivity index (χ1n) is 7.28. The van der Waals surface area contributed by atoms with Gasteiger partial charge in [0.05, 0.1) is 6.61 Å². The molecular weight excluding hydrogens is 250 g/mol. The monoisotopic (exact) mass is 273 g/mol. The van der Waals surface area contributed by atoms with E-state index in [0.29, 0.717) is 19.7 Å². The average Bonchev–Trinajstić information content (AvgIpc) is 2.52. The number of benzene rings is 1. The predicted octanol–water partition coefficient (Wildman–Crippen LogP) is 3.02. The molecule has 1 aromatic carbocycles. The van der Waals surface area contributed by atoms with Crippen molar-refractivity contribution in [3.05, 3.63) is 48.0 Å². The Hall–Kier alpha value is -1.61. The van der Waals surface area contributed by atoms with Crippen LogP contribution >= 0.6 is 0 Å². The molecule has 3 nitrogen and oxygen atoms in total. The molecule has 0 heterocycles. The van der Waals surface area contributed by atoms with Crippen LogP contribution in [-0.2, 0) is 16.1 Å². The lowest BCUT2D eigenvalue weighted by atomic mass is 9.93. The fourth-order valence-corrected chi connectivity index (χ4v) is 2.55. The second-order valence-corrected chi connectivity index (χ2v) is 5.22. The number of allylic oxidation sites excluding steroid dienone is 2. The van der Waals surface area contributed by atoms with Crippen LogP contribution in [0.15, 0.2) is 42.5 Å². The highest BCUT2D eigenvalue weighted by Crippen LogP contribution is 2.21. The Labute approximate surface area is 121 Å². The highest BCUT2D eigenvalue weighted by atomic mass is 16.5. The van der Waals surface area contributed by atoms with Crippen LogP contribution in [-0.4, -0.2) is 31.1 Å². The summed E-state index contributed by atoms with van der Waals surface area (Å²) in [4.78, 5) is 14.6. The smallest absolute Gasteiger partial charge is 0.226 e. The van der Waals surface area contributed by atoms with Crippen LogP contribution in [0.3, 0.4) is 0 Å². The maximum absolute atomic E-state index is 12.6. The minimum absolute atomic E-state index is 0.139. The van der Waals surface area contributed by atoms with Gasteiger partial charge in [-0.05, 0) is 24.8 Å². The van der Waals surface area contributed by atoms with E-state index in [-0.39, 0.29) is 11.8 Å². The molecule has 1 unspecified atom stereocenters. The van der Waals surface area contributed by atoms with Crippen LogP contribution in [0.5, 0.6) is 0 Å². The van der Waals surface area contributed by atoms with Gasteiger partial charge >= 0.3 is 0 Å². The first-order valence-corrected chi connectivity index (χ1v) is 7.28. The zero-order chi connectivity index (χ0) is 14.2. The van der Waals surface area contributed by atoms with E-state index in [1.807, 2.05) is 23.1 Å². The molecule has 108 valence electrons. The minimum Gasteiger partial charge on any atom is -0.383 e. The van der Waals surface area contributed by atoms with E-state index in [1.54, 1.807) is 7.11 Å². The third-order valence-electron chi connectivity index (χ3n) is 3.71. The number of rotatable bonds is 6. The van der Waals surface area contributed by atoms with Gasteiger partial charge in [-0.15, -0.1) is 0 Å². The lowest BCUT2D eigenvalue weighted by Gasteiger charge is -2.28. The first kappa shape index (κ1) is 14.8. The zero-order valence-corrected chi connectivity index (χ0v) is 12.1. The van der Waals surface area contributed by atoms with Gasteiger partial charge in [0.1, 0.15) is 0 Å². The second-order valence-electron chi connectivity index (χ2n) is 5.22. The van der Waals surface area contributed by atoms with E-state index in [0.717, 1.165) is 19.3 Å². The van der Waals surface area contributed by atoms with E-state index in [4.69, 9.17) is 4.74 Å². The van der Waals surface area contributed by atoms with Crippen molar-refractivity contribution in [2.24, 2.45) is 5.92 Å². The fourth-order valence-electron chi connectivity index (χ4n) is 2.55. The molecule has 0 aromatic heterocycles. The topological polar surface area (TPSA) is 29.5 Å². The molecule has 0 saturated heterocycles. The van der Waals surface area contributed by atoms with Crippen molar-refractivity contribution in [2.75, 3.05) is 20.3 Å². The molecule has 0 aliphatic heterocycles. The van der Waals surface area contributed by atoms with Gasteiger partial charge in [-0.1, -0.05) is 42.5 Å². The third-order valence-corrected chi connectivity index (χ3v) is 3.71. The lowest BCUT2D eigenvalue weighted by molar-refractivity contribution is -0.137. The number of amides is 1. The molecule has 0 N–H and O–H groups in total. The van der Waals surface area contributed by atoms with Gasteiger partial charge in [0.2, 0.25) is 5.91 Å². The van der Waals surface area contributed by atoms with Crippen LogP contribution in [0.25, 0.3) is 0 Å². The summed E-state index contributed by atoms with van der Waals surface area (Å²) >= 11 is 0. The van der Waals surface area contributed by atoms with Crippen molar-refractivity contribution in [3.8, 4) is 0 Å². The number of methoxy groups -OCH3 is 1. The number of carbonyl (C=O) groups excluding carboxylic acids is 1. The Morgan fingerprint density at radius 2 is 2.10 bits per heavy atom. The summed E-state index contributed by atoms with van der Waals surface area (Å²) in [5, 5.41) is 0. The van der Waals surface area contributed by atoms with Crippen LogP contribution in [0.2, 0.25) is 0 Å². The molecule has 3 heteroatoms. The quantitative estimate of drug-likeness (QED) is 0.746. The van der Waals surface area contributed by atoms with Gasteiger partial charge in [0, 0.05) is 26.1 Å². The maximum atomic E-state index is 12.6. The summed E-state index contributed by atoms with van der Waals surface area (Å²) in [6.07, 6.45) is 7.15. The molecular formula is C17H23NO2. The summed E-state index contributed by atoms with van der Waals surface area (Å²) < 4.78 is 5.14. The molecule has 1 aromatic rings. The second kappa shape index (κ2) is 7.85. The number of ether oxygens (including phenoxy) is 1. The fraction of sp³-hybridized carbons (Fsp3) is 0.471. The van der Waals surface area contributed by atoms with Crippen LogP contribution < -0.4 is 0 Å². The molecule has 0 saturated carbocycles. The Balaban J connectivity index is 2.02. The molecule has 0 fully saturated rings. The standard InChI is InChI=1S/C17H23NO2/c1-20-13-12-18(14-15-8-4-2-5-9-15)17(19)16-10-6-3-7-11-16/h2-6,8-9,16H,7,10-14H2,1H3. The minimum atomic E-state index is 0.139. The van der Waals surface area contributed by atoms with Crippen LogP contribution in [0, 0.1) is 5.92 Å². The normalized spacial score (nSPS) is 17.9. The van der Waals surface area contributed by atoms with Crippen molar-refractivity contribution in [2.45, 2.75) is 25.8 Å². The molecule has 0 radical (unpaired) electrons. The number of carbonyl (C=O) groups is 1.